The van der Waals surface area contributed by atoms with E-state index in [0.29, 0.717) is 11.4 Å². The molecule has 0 aliphatic heterocycles. The van der Waals surface area contributed by atoms with Gasteiger partial charge in [-0.2, -0.15) is 11.8 Å². The minimum absolute atomic E-state index is 0.182. The lowest BCUT2D eigenvalue weighted by Crippen LogP contribution is -2.09. The first kappa shape index (κ1) is 13.2. The summed E-state index contributed by atoms with van der Waals surface area (Å²) < 4.78 is 22.8. The highest BCUT2D eigenvalue weighted by Crippen LogP contribution is 2.26. The van der Waals surface area contributed by atoms with Crippen LogP contribution in [0.25, 0.3) is 0 Å². The lowest BCUT2D eigenvalue weighted by Gasteiger charge is -2.11. The zero-order valence-electron chi connectivity index (χ0n) is 9.36. The average Bonchev–Trinajstić information content (AvgIpc) is 2.19. The molecule has 3 N–H and O–H groups in total. The van der Waals surface area contributed by atoms with Crippen LogP contribution in [0.15, 0.2) is 23.1 Å². The van der Waals surface area contributed by atoms with Crippen molar-refractivity contribution in [2.75, 3.05) is 35.9 Å². The van der Waals surface area contributed by atoms with Crippen molar-refractivity contribution in [2.45, 2.75) is 4.90 Å². The van der Waals surface area contributed by atoms with Gasteiger partial charge in [-0.1, -0.05) is 6.07 Å². The quantitative estimate of drug-likeness (QED) is 0.619. The third kappa shape index (κ3) is 3.31. The van der Waals surface area contributed by atoms with Gasteiger partial charge in [-0.15, -0.1) is 0 Å². The Morgan fingerprint density at radius 1 is 1.44 bits per heavy atom. The number of nitrogens with one attached hydrogen (secondary N) is 1. The normalized spacial score (nSPS) is 11.4. The standard InChI is InChI=1S/C10H16N2O2S2/c1-15-7-6-12-8-4-3-5-9(10(8)11)16(2,13)14/h3-5,12H,6-7,11H2,1-2H3. The SMILES string of the molecule is CSCCNc1cccc(S(C)(=O)=O)c1N. The van der Waals surface area contributed by atoms with E-state index in [4.69, 9.17) is 5.73 Å². The lowest BCUT2D eigenvalue weighted by molar-refractivity contribution is 0.602. The van der Waals surface area contributed by atoms with Gasteiger partial charge in [0.25, 0.3) is 0 Å². The van der Waals surface area contributed by atoms with Crippen LogP contribution < -0.4 is 11.1 Å². The van der Waals surface area contributed by atoms with Gasteiger partial charge < -0.3 is 11.1 Å². The molecule has 0 heterocycles. The number of thioether (sulfide) groups is 1. The van der Waals surface area contributed by atoms with Crippen molar-refractivity contribution in [1.82, 2.24) is 0 Å². The number of hydrogen-bond donors (Lipinski definition) is 2. The van der Waals surface area contributed by atoms with E-state index >= 15 is 0 Å². The number of para-hydroxylation sites is 1. The summed E-state index contributed by atoms with van der Waals surface area (Å²) >= 11 is 1.71. The minimum atomic E-state index is -3.26. The van der Waals surface area contributed by atoms with E-state index in [2.05, 4.69) is 5.32 Å². The molecule has 0 unspecified atom stereocenters. The fourth-order valence-corrected chi connectivity index (χ4v) is 2.45. The van der Waals surface area contributed by atoms with Crippen molar-refractivity contribution >= 4 is 33.0 Å². The van der Waals surface area contributed by atoms with Crippen molar-refractivity contribution in [3.05, 3.63) is 18.2 Å². The van der Waals surface area contributed by atoms with Crippen LogP contribution in [0, 0.1) is 0 Å². The molecule has 1 rings (SSSR count). The number of hydrogen-bond acceptors (Lipinski definition) is 5. The number of nitrogen functional groups attached to an aromatic ring is 1. The smallest absolute Gasteiger partial charge is 0.177 e. The van der Waals surface area contributed by atoms with Gasteiger partial charge in [-0.05, 0) is 18.4 Å². The van der Waals surface area contributed by atoms with Crippen molar-refractivity contribution < 1.29 is 8.42 Å². The maximum absolute atomic E-state index is 11.4. The van der Waals surface area contributed by atoms with Gasteiger partial charge in [0.15, 0.2) is 9.84 Å². The third-order valence-electron chi connectivity index (χ3n) is 2.09. The molecule has 6 heteroatoms. The van der Waals surface area contributed by atoms with Crippen LogP contribution in [0.4, 0.5) is 11.4 Å². The summed E-state index contributed by atoms with van der Waals surface area (Å²) in [6.45, 7) is 0.762. The third-order valence-corrected chi connectivity index (χ3v) is 3.85. The number of nitrogens with two attached hydrogens (primary N) is 1. The fraction of sp³-hybridized carbons (Fsp3) is 0.400. The molecule has 0 saturated heterocycles. The number of anilines is 2. The predicted octanol–water partition coefficient (Wildman–Crippen LogP) is 1.45. The molecule has 1 aromatic carbocycles. The molecule has 90 valence electrons. The molecule has 4 nitrogen and oxygen atoms in total. The zero-order valence-corrected chi connectivity index (χ0v) is 11.0. The molecule has 0 spiro atoms. The van der Waals surface area contributed by atoms with Gasteiger partial charge in [-0.3, -0.25) is 0 Å². The Kier molecular flexibility index (Phi) is 4.49. The highest BCUT2D eigenvalue weighted by atomic mass is 32.2. The Labute approximate surface area is 101 Å². The molecular weight excluding hydrogens is 244 g/mol. The van der Waals surface area contributed by atoms with E-state index in [1.807, 2.05) is 6.26 Å². The number of benzene rings is 1. The summed E-state index contributed by atoms with van der Waals surface area (Å²) in [5.41, 5.74) is 6.78. The molecule has 1 aromatic rings. The molecule has 0 bridgehead atoms. The summed E-state index contributed by atoms with van der Waals surface area (Å²) in [6.07, 6.45) is 3.17. The Bertz CT molecular complexity index is 458. The molecule has 0 aliphatic carbocycles. The van der Waals surface area contributed by atoms with E-state index in [1.165, 1.54) is 6.07 Å². The first-order valence-electron chi connectivity index (χ1n) is 4.78. The van der Waals surface area contributed by atoms with Crippen LogP contribution in [0.3, 0.4) is 0 Å². The topological polar surface area (TPSA) is 72.2 Å². The Morgan fingerprint density at radius 2 is 2.12 bits per heavy atom. The van der Waals surface area contributed by atoms with Crippen LogP contribution >= 0.6 is 11.8 Å². The summed E-state index contributed by atoms with van der Waals surface area (Å²) in [7, 11) is -3.26. The van der Waals surface area contributed by atoms with Crippen molar-refractivity contribution in [2.24, 2.45) is 0 Å². The van der Waals surface area contributed by atoms with E-state index in [0.717, 1.165) is 18.6 Å². The van der Waals surface area contributed by atoms with E-state index < -0.39 is 9.84 Å². The van der Waals surface area contributed by atoms with Crippen LogP contribution in [-0.2, 0) is 9.84 Å². The van der Waals surface area contributed by atoms with E-state index in [-0.39, 0.29) is 4.90 Å². The van der Waals surface area contributed by atoms with Gasteiger partial charge in [0, 0.05) is 18.6 Å². The Morgan fingerprint density at radius 3 is 2.69 bits per heavy atom. The summed E-state index contributed by atoms with van der Waals surface area (Å²) in [6, 6.07) is 4.99. The van der Waals surface area contributed by atoms with Gasteiger partial charge in [0.1, 0.15) is 0 Å². The maximum atomic E-state index is 11.4. The van der Waals surface area contributed by atoms with Crippen LogP contribution in [0.5, 0.6) is 0 Å². The second-order valence-corrected chi connectivity index (χ2v) is 6.38. The summed E-state index contributed by atoms with van der Waals surface area (Å²) in [4.78, 5) is 0.182. The highest BCUT2D eigenvalue weighted by Gasteiger charge is 2.13. The molecule has 0 amide bonds. The Balaban J connectivity index is 2.96. The molecule has 16 heavy (non-hydrogen) atoms. The highest BCUT2D eigenvalue weighted by molar-refractivity contribution is 7.98. The van der Waals surface area contributed by atoms with Gasteiger partial charge >= 0.3 is 0 Å². The van der Waals surface area contributed by atoms with Crippen molar-refractivity contribution in [1.29, 1.82) is 0 Å². The Hall–Kier alpha value is -0.880. The van der Waals surface area contributed by atoms with Crippen LogP contribution in [0.1, 0.15) is 0 Å². The largest absolute Gasteiger partial charge is 0.396 e. The minimum Gasteiger partial charge on any atom is -0.396 e. The van der Waals surface area contributed by atoms with E-state index in [9.17, 15) is 8.42 Å². The molecule has 0 saturated carbocycles. The monoisotopic (exact) mass is 260 g/mol. The first-order chi connectivity index (χ1) is 7.46. The van der Waals surface area contributed by atoms with E-state index in [1.54, 1.807) is 23.9 Å². The summed E-state index contributed by atoms with van der Waals surface area (Å²) in [5.74, 6) is 0.947. The molecule has 0 atom stereocenters. The van der Waals surface area contributed by atoms with Crippen molar-refractivity contribution in [3.63, 3.8) is 0 Å². The van der Waals surface area contributed by atoms with Crippen LogP contribution in [0.2, 0.25) is 0 Å². The van der Waals surface area contributed by atoms with Crippen LogP contribution in [-0.4, -0.2) is 33.2 Å². The van der Waals surface area contributed by atoms with Gasteiger partial charge in [-0.25, -0.2) is 8.42 Å². The molecule has 0 aliphatic rings. The average molecular weight is 260 g/mol. The van der Waals surface area contributed by atoms with Gasteiger partial charge in [0.05, 0.1) is 16.3 Å². The number of rotatable bonds is 5. The summed E-state index contributed by atoms with van der Waals surface area (Å²) in [5, 5.41) is 3.12. The molecule has 0 fully saturated rings. The van der Waals surface area contributed by atoms with Crippen molar-refractivity contribution in [3.8, 4) is 0 Å². The first-order valence-corrected chi connectivity index (χ1v) is 8.06. The molecule has 0 radical (unpaired) electrons. The predicted molar refractivity (Wildman–Crippen MR) is 70.8 cm³/mol. The second kappa shape index (κ2) is 5.45. The maximum Gasteiger partial charge on any atom is 0.177 e. The lowest BCUT2D eigenvalue weighted by atomic mass is 10.2. The molecule has 0 aromatic heterocycles. The zero-order chi connectivity index (χ0) is 12.2. The molecular formula is C10H16N2O2S2. The number of sulfone groups is 1. The fourth-order valence-electron chi connectivity index (χ4n) is 1.31. The second-order valence-electron chi connectivity index (χ2n) is 3.41. The van der Waals surface area contributed by atoms with Gasteiger partial charge in [0.2, 0.25) is 0 Å².